The van der Waals surface area contributed by atoms with Crippen molar-refractivity contribution in [3.05, 3.63) is 30.1 Å². The molecular weight excluding hydrogens is 228 g/mol. The van der Waals surface area contributed by atoms with E-state index in [-0.39, 0.29) is 18.6 Å². The van der Waals surface area contributed by atoms with Gasteiger partial charge in [-0.3, -0.25) is 9.78 Å². The second-order valence-electron chi connectivity index (χ2n) is 4.79. The topological polar surface area (TPSA) is 62.2 Å². The van der Waals surface area contributed by atoms with Crippen LogP contribution in [0.2, 0.25) is 0 Å². The SMILES string of the molecule is CC(C)C(CCO)NC(=O)CCc1cccnc1. The third-order valence-corrected chi connectivity index (χ3v) is 2.95. The molecule has 1 amide bonds. The summed E-state index contributed by atoms with van der Waals surface area (Å²) in [6, 6.07) is 3.89. The molecule has 0 aliphatic carbocycles. The Kier molecular flexibility index (Phi) is 6.36. The van der Waals surface area contributed by atoms with Gasteiger partial charge in [-0.1, -0.05) is 19.9 Å². The first-order valence-electron chi connectivity index (χ1n) is 6.42. The summed E-state index contributed by atoms with van der Waals surface area (Å²) in [5, 5.41) is 11.9. The monoisotopic (exact) mass is 250 g/mol. The Morgan fingerprint density at radius 2 is 2.28 bits per heavy atom. The predicted octanol–water partition coefficient (Wildman–Crippen LogP) is 1.54. The zero-order chi connectivity index (χ0) is 13.4. The first-order valence-corrected chi connectivity index (χ1v) is 6.42. The van der Waals surface area contributed by atoms with E-state index in [9.17, 15) is 4.79 Å². The van der Waals surface area contributed by atoms with Crippen LogP contribution in [0.1, 0.15) is 32.3 Å². The Bertz CT molecular complexity index is 352. The van der Waals surface area contributed by atoms with Gasteiger partial charge < -0.3 is 10.4 Å². The van der Waals surface area contributed by atoms with E-state index in [1.54, 1.807) is 12.4 Å². The number of aliphatic hydroxyl groups excluding tert-OH is 1. The van der Waals surface area contributed by atoms with Gasteiger partial charge in [-0.25, -0.2) is 0 Å². The number of aliphatic hydroxyl groups is 1. The molecule has 0 radical (unpaired) electrons. The predicted molar refractivity (Wildman–Crippen MR) is 71.0 cm³/mol. The standard InChI is InChI=1S/C14H22N2O2/c1-11(2)13(7-9-17)16-14(18)6-5-12-4-3-8-15-10-12/h3-4,8,10-11,13,17H,5-7,9H2,1-2H3,(H,16,18). The molecule has 4 nitrogen and oxygen atoms in total. The van der Waals surface area contributed by atoms with E-state index in [2.05, 4.69) is 10.3 Å². The van der Waals surface area contributed by atoms with Crippen molar-refractivity contribution in [2.24, 2.45) is 5.92 Å². The first-order chi connectivity index (χ1) is 8.63. The highest BCUT2D eigenvalue weighted by Crippen LogP contribution is 2.07. The minimum absolute atomic E-state index is 0.0333. The lowest BCUT2D eigenvalue weighted by atomic mass is 10.0. The van der Waals surface area contributed by atoms with Gasteiger partial charge in [-0.05, 0) is 30.4 Å². The molecule has 1 atom stereocenters. The Labute approximate surface area is 108 Å². The molecule has 0 saturated carbocycles. The van der Waals surface area contributed by atoms with E-state index in [0.717, 1.165) is 5.56 Å². The summed E-state index contributed by atoms with van der Waals surface area (Å²) in [6.07, 6.45) is 5.26. The number of aromatic nitrogens is 1. The Hall–Kier alpha value is -1.42. The van der Waals surface area contributed by atoms with E-state index in [1.165, 1.54) is 0 Å². The van der Waals surface area contributed by atoms with Crippen LogP contribution < -0.4 is 5.32 Å². The van der Waals surface area contributed by atoms with Crippen molar-refractivity contribution >= 4 is 5.91 Å². The summed E-state index contributed by atoms with van der Waals surface area (Å²) < 4.78 is 0. The van der Waals surface area contributed by atoms with Crippen LogP contribution in [0.4, 0.5) is 0 Å². The molecule has 1 aromatic heterocycles. The quantitative estimate of drug-likeness (QED) is 0.771. The number of nitrogens with one attached hydrogen (secondary N) is 1. The zero-order valence-corrected chi connectivity index (χ0v) is 11.1. The number of pyridine rings is 1. The lowest BCUT2D eigenvalue weighted by molar-refractivity contribution is -0.122. The van der Waals surface area contributed by atoms with Crippen LogP contribution in [0, 0.1) is 5.92 Å². The molecule has 18 heavy (non-hydrogen) atoms. The third kappa shape index (κ3) is 5.27. The summed E-state index contributed by atoms with van der Waals surface area (Å²) in [5.74, 6) is 0.366. The molecular formula is C14H22N2O2. The van der Waals surface area contributed by atoms with E-state index >= 15 is 0 Å². The van der Waals surface area contributed by atoms with Gasteiger partial charge >= 0.3 is 0 Å². The summed E-state index contributed by atoms with van der Waals surface area (Å²) >= 11 is 0. The smallest absolute Gasteiger partial charge is 0.220 e. The molecule has 1 aromatic rings. The molecule has 1 unspecified atom stereocenters. The minimum Gasteiger partial charge on any atom is -0.396 e. The lowest BCUT2D eigenvalue weighted by Crippen LogP contribution is -2.39. The van der Waals surface area contributed by atoms with Crippen molar-refractivity contribution in [2.45, 2.75) is 39.2 Å². The fraction of sp³-hybridized carbons (Fsp3) is 0.571. The summed E-state index contributed by atoms with van der Waals surface area (Å²) in [5.41, 5.74) is 1.07. The van der Waals surface area contributed by atoms with E-state index in [4.69, 9.17) is 5.11 Å². The average molecular weight is 250 g/mol. The highest BCUT2D eigenvalue weighted by Gasteiger charge is 2.15. The molecule has 0 aliphatic heterocycles. The van der Waals surface area contributed by atoms with Crippen molar-refractivity contribution in [3.63, 3.8) is 0 Å². The number of carbonyl (C=O) groups excluding carboxylic acids is 1. The number of hydrogen-bond acceptors (Lipinski definition) is 3. The van der Waals surface area contributed by atoms with Crippen LogP contribution in [-0.4, -0.2) is 28.6 Å². The third-order valence-electron chi connectivity index (χ3n) is 2.95. The first kappa shape index (κ1) is 14.6. The second kappa shape index (κ2) is 7.82. The molecule has 0 bridgehead atoms. The van der Waals surface area contributed by atoms with Crippen molar-refractivity contribution < 1.29 is 9.90 Å². The van der Waals surface area contributed by atoms with Gasteiger partial charge in [0.2, 0.25) is 5.91 Å². The normalized spacial score (nSPS) is 12.4. The van der Waals surface area contributed by atoms with Crippen LogP contribution >= 0.6 is 0 Å². The number of carbonyl (C=O) groups is 1. The van der Waals surface area contributed by atoms with Gasteiger partial charge in [0.05, 0.1) is 0 Å². The molecule has 0 saturated heterocycles. The molecule has 2 N–H and O–H groups in total. The fourth-order valence-electron chi connectivity index (χ4n) is 1.79. The van der Waals surface area contributed by atoms with E-state index in [0.29, 0.717) is 25.2 Å². The van der Waals surface area contributed by atoms with E-state index in [1.807, 2.05) is 26.0 Å². The maximum atomic E-state index is 11.8. The van der Waals surface area contributed by atoms with Gasteiger partial charge in [0.15, 0.2) is 0 Å². The van der Waals surface area contributed by atoms with Crippen molar-refractivity contribution in [1.82, 2.24) is 10.3 Å². The van der Waals surface area contributed by atoms with Crippen molar-refractivity contribution in [1.29, 1.82) is 0 Å². The number of amides is 1. The molecule has 0 aromatic carbocycles. The molecule has 4 heteroatoms. The molecule has 1 rings (SSSR count). The highest BCUT2D eigenvalue weighted by atomic mass is 16.3. The van der Waals surface area contributed by atoms with Gasteiger partial charge in [0.25, 0.3) is 0 Å². The van der Waals surface area contributed by atoms with Gasteiger partial charge in [-0.15, -0.1) is 0 Å². The maximum absolute atomic E-state index is 11.8. The number of nitrogens with zero attached hydrogens (tertiary/aromatic N) is 1. The van der Waals surface area contributed by atoms with Crippen LogP contribution in [0.3, 0.4) is 0 Å². The molecule has 0 aliphatic rings. The lowest BCUT2D eigenvalue weighted by Gasteiger charge is -2.21. The Morgan fingerprint density at radius 1 is 1.50 bits per heavy atom. The number of hydrogen-bond donors (Lipinski definition) is 2. The molecule has 0 spiro atoms. The van der Waals surface area contributed by atoms with Crippen LogP contribution in [-0.2, 0) is 11.2 Å². The van der Waals surface area contributed by atoms with Crippen LogP contribution in [0.5, 0.6) is 0 Å². The minimum atomic E-state index is 0.0333. The Balaban J connectivity index is 2.36. The van der Waals surface area contributed by atoms with Crippen molar-refractivity contribution in [2.75, 3.05) is 6.61 Å². The van der Waals surface area contributed by atoms with Gasteiger partial charge in [-0.2, -0.15) is 0 Å². The average Bonchev–Trinajstić information content (AvgIpc) is 2.37. The van der Waals surface area contributed by atoms with Crippen LogP contribution in [0.25, 0.3) is 0 Å². The van der Waals surface area contributed by atoms with Crippen LogP contribution in [0.15, 0.2) is 24.5 Å². The summed E-state index contributed by atoms with van der Waals surface area (Å²) in [4.78, 5) is 15.8. The van der Waals surface area contributed by atoms with Gasteiger partial charge in [0.1, 0.15) is 0 Å². The molecule has 100 valence electrons. The molecule has 0 fully saturated rings. The van der Waals surface area contributed by atoms with Gasteiger partial charge in [0, 0.05) is 31.5 Å². The summed E-state index contributed by atoms with van der Waals surface area (Å²) in [6.45, 7) is 4.19. The maximum Gasteiger partial charge on any atom is 0.220 e. The largest absolute Gasteiger partial charge is 0.396 e. The number of rotatable bonds is 7. The fourth-order valence-corrected chi connectivity index (χ4v) is 1.79. The Morgan fingerprint density at radius 3 is 2.83 bits per heavy atom. The number of aryl methyl sites for hydroxylation is 1. The highest BCUT2D eigenvalue weighted by molar-refractivity contribution is 5.76. The zero-order valence-electron chi connectivity index (χ0n) is 11.1. The second-order valence-corrected chi connectivity index (χ2v) is 4.79. The molecule has 1 heterocycles. The van der Waals surface area contributed by atoms with Crippen molar-refractivity contribution in [3.8, 4) is 0 Å². The van der Waals surface area contributed by atoms with E-state index < -0.39 is 0 Å². The summed E-state index contributed by atoms with van der Waals surface area (Å²) in [7, 11) is 0.